The summed E-state index contributed by atoms with van der Waals surface area (Å²) in [6.45, 7) is 4.83. The molecule has 1 aromatic heterocycles. The van der Waals surface area contributed by atoms with E-state index in [1.165, 1.54) is 6.92 Å². The van der Waals surface area contributed by atoms with E-state index in [0.29, 0.717) is 26.1 Å². The third kappa shape index (κ3) is 4.50. The summed E-state index contributed by atoms with van der Waals surface area (Å²) in [6, 6.07) is 5.88. The summed E-state index contributed by atoms with van der Waals surface area (Å²) in [5.74, 6) is 0.540. The first-order chi connectivity index (χ1) is 11.5. The van der Waals surface area contributed by atoms with Crippen molar-refractivity contribution in [2.24, 2.45) is 0 Å². The Labute approximate surface area is 141 Å². The average Bonchev–Trinajstić information content (AvgIpc) is 2.90. The summed E-state index contributed by atoms with van der Waals surface area (Å²) in [5.41, 5.74) is 2.15. The van der Waals surface area contributed by atoms with Crippen LogP contribution in [0.15, 0.2) is 24.4 Å². The second-order valence-corrected chi connectivity index (χ2v) is 5.52. The molecule has 0 bridgehead atoms. The van der Waals surface area contributed by atoms with Crippen molar-refractivity contribution >= 4 is 22.8 Å². The van der Waals surface area contributed by atoms with E-state index in [0.717, 1.165) is 28.6 Å². The lowest BCUT2D eigenvalue weighted by molar-refractivity contribution is -0.143. The van der Waals surface area contributed by atoms with Gasteiger partial charge in [-0.2, -0.15) is 0 Å². The summed E-state index contributed by atoms with van der Waals surface area (Å²) >= 11 is 0. The van der Waals surface area contributed by atoms with Gasteiger partial charge in [-0.25, -0.2) is 0 Å². The maximum absolute atomic E-state index is 11.6. The predicted molar refractivity (Wildman–Crippen MR) is 92.1 cm³/mol. The largest absolute Gasteiger partial charge is 0.497 e. The van der Waals surface area contributed by atoms with Crippen molar-refractivity contribution < 1.29 is 19.1 Å². The number of methoxy groups -OCH3 is 1. The van der Waals surface area contributed by atoms with Crippen LogP contribution in [0.5, 0.6) is 5.75 Å². The summed E-state index contributed by atoms with van der Waals surface area (Å²) in [5, 5.41) is 3.88. The van der Waals surface area contributed by atoms with Gasteiger partial charge in [-0.15, -0.1) is 0 Å². The molecule has 1 N–H and O–H groups in total. The van der Waals surface area contributed by atoms with Crippen molar-refractivity contribution in [1.29, 1.82) is 0 Å². The van der Waals surface area contributed by atoms with Gasteiger partial charge in [-0.1, -0.05) is 0 Å². The van der Waals surface area contributed by atoms with Crippen LogP contribution in [0.4, 0.5) is 0 Å². The zero-order valence-corrected chi connectivity index (χ0v) is 14.4. The van der Waals surface area contributed by atoms with Gasteiger partial charge in [0.05, 0.1) is 20.1 Å². The number of hydrogen-bond acceptors (Lipinski definition) is 4. The van der Waals surface area contributed by atoms with Crippen LogP contribution in [0, 0.1) is 0 Å². The zero-order chi connectivity index (χ0) is 17.5. The van der Waals surface area contributed by atoms with Crippen LogP contribution in [0.25, 0.3) is 10.9 Å². The Bertz CT molecular complexity index is 721. The van der Waals surface area contributed by atoms with Crippen LogP contribution < -0.4 is 10.1 Å². The fraction of sp³-hybridized carbons (Fsp3) is 0.444. The number of nitrogens with one attached hydrogen (secondary N) is 1. The summed E-state index contributed by atoms with van der Waals surface area (Å²) in [7, 11) is 1.63. The Hall–Kier alpha value is -2.50. The minimum Gasteiger partial charge on any atom is -0.497 e. The molecule has 0 spiro atoms. The van der Waals surface area contributed by atoms with E-state index in [2.05, 4.69) is 9.88 Å². The summed E-state index contributed by atoms with van der Waals surface area (Å²) in [4.78, 5) is 22.7. The molecule has 130 valence electrons. The number of carbonyl (C=O) groups excluding carboxylic acids is 2. The average molecular weight is 332 g/mol. The Morgan fingerprint density at radius 3 is 2.75 bits per heavy atom. The lowest BCUT2D eigenvalue weighted by atomic mass is 10.1. The van der Waals surface area contributed by atoms with E-state index in [1.54, 1.807) is 14.0 Å². The molecule has 6 nitrogen and oxygen atoms in total. The van der Waals surface area contributed by atoms with Gasteiger partial charge in [0.2, 0.25) is 5.91 Å². The number of benzene rings is 1. The maximum atomic E-state index is 11.6. The Kier molecular flexibility index (Phi) is 6.23. The Morgan fingerprint density at radius 1 is 1.29 bits per heavy atom. The summed E-state index contributed by atoms with van der Waals surface area (Å²) in [6.07, 6.45) is 3.08. The molecule has 1 heterocycles. The van der Waals surface area contributed by atoms with Crippen molar-refractivity contribution in [1.82, 2.24) is 9.88 Å². The van der Waals surface area contributed by atoms with Gasteiger partial charge in [0.1, 0.15) is 5.75 Å². The molecule has 0 saturated heterocycles. The van der Waals surface area contributed by atoms with Gasteiger partial charge in [0.25, 0.3) is 0 Å². The fourth-order valence-electron chi connectivity index (χ4n) is 2.68. The molecule has 0 fully saturated rings. The van der Waals surface area contributed by atoms with Crippen molar-refractivity contribution in [3.8, 4) is 5.75 Å². The SMILES string of the molecule is CCOC(=O)CCn1cc(CCNC(C)=O)c2cc(OC)ccc21. The van der Waals surface area contributed by atoms with Gasteiger partial charge in [0.15, 0.2) is 0 Å². The van der Waals surface area contributed by atoms with Crippen LogP contribution in [-0.4, -0.2) is 36.7 Å². The molecular weight excluding hydrogens is 308 g/mol. The number of aromatic nitrogens is 1. The lowest BCUT2D eigenvalue weighted by Crippen LogP contribution is -2.22. The van der Waals surface area contributed by atoms with Crippen LogP contribution in [0.2, 0.25) is 0 Å². The van der Waals surface area contributed by atoms with Crippen molar-refractivity contribution in [2.45, 2.75) is 33.2 Å². The number of amides is 1. The number of nitrogens with zero attached hydrogens (tertiary/aromatic N) is 1. The molecular formula is C18H24N2O4. The minimum absolute atomic E-state index is 0.0429. The van der Waals surface area contributed by atoms with Crippen LogP contribution >= 0.6 is 0 Å². The fourth-order valence-corrected chi connectivity index (χ4v) is 2.68. The molecule has 0 radical (unpaired) electrons. The smallest absolute Gasteiger partial charge is 0.307 e. The molecule has 0 saturated carbocycles. The predicted octanol–water partition coefficient (Wildman–Crippen LogP) is 2.28. The number of carbonyl (C=O) groups is 2. The second kappa shape index (κ2) is 8.38. The summed E-state index contributed by atoms with van der Waals surface area (Å²) < 4.78 is 12.3. The molecule has 1 aromatic carbocycles. The third-order valence-corrected chi connectivity index (χ3v) is 3.80. The highest BCUT2D eigenvalue weighted by atomic mass is 16.5. The number of fused-ring (bicyclic) bond motifs is 1. The minimum atomic E-state index is -0.201. The molecule has 0 unspecified atom stereocenters. The van der Waals surface area contributed by atoms with E-state index in [9.17, 15) is 9.59 Å². The van der Waals surface area contributed by atoms with Crippen molar-refractivity contribution in [2.75, 3.05) is 20.3 Å². The maximum Gasteiger partial charge on any atom is 0.307 e. The standard InChI is InChI=1S/C18H24N2O4/c1-4-24-18(22)8-10-20-12-14(7-9-19-13(2)21)16-11-15(23-3)5-6-17(16)20/h5-6,11-12H,4,7-10H2,1-3H3,(H,19,21). The molecule has 24 heavy (non-hydrogen) atoms. The number of hydrogen-bond donors (Lipinski definition) is 1. The van der Waals surface area contributed by atoms with Gasteiger partial charge < -0.3 is 19.4 Å². The molecule has 6 heteroatoms. The Balaban J connectivity index is 2.23. The third-order valence-electron chi connectivity index (χ3n) is 3.80. The van der Waals surface area contributed by atoms with Gasteiger partial charge in [-0.3, -0.25) is 9.59 Å². The first-order valence-electron chi connectivity index (χ1n) is 8.11. The first-order valence-corrected chi connectivity index (χ1v) is 8.11. The lowest BCUT2D eigenvalue weighted by Gasteiger charge is -2.06. The molecule has 0 aliphatic heterocycles. The number of rotatable bonds is 8. The molecule has 1 amide bonds. The zero-order valence-electron chi connectivity index (χ0n) is 14.4. The van der Waals surface area contributed by atoms with Gasteiger partial charge >= 0.3 is 5.97 Å². The monoisotopic (exact) mass is 332 g/mol. The second-order valence-electron chi connectivity index (χ2n) is 5.52. The Morgan fingerprint density at radius 2 is 2.08 bits per heavy atom. The van der Waals surface area contributed by atoms with Crippen LogP contribution in [0.1, 0.15) is 25.8 Å². The molecule has 0 aliphatic rings. The van der Waals surface area contributed by atoms with E-state index in [1.807, 2.05) is 24.4 Å². The topological polar surface area (TPSA) is 69.6 Å². The number of aryl methyl sites for hydroxylation is 1. The van der Waals surface area contributed by atoms with E-state index in [-0.39, 0.29) is 11.9 Å². The highest BCUT2D eigenvalue weighted by Gasteiger charge is 2.11. The van der Waals surface area contributed by atoms with E-state index in [4.69, 9.17) is 9.47 Å². The molecule has 0 aliphatic carbocycles. The number of ether oxygens (including phenoxy) is 2. The molecule has 2 rings (SSSR count). The normalized spacial score (nSPS) is 10.6. The van der Waals surface area contributed by atoms with Gasteiger partial charge in [0, 0.05) is 37.1 Å². The number of esters is 1. The van der Waals surface area contributed by atoms with Crippen molar-refractivity contribution in [3.63, 3.8) is 0 Å². The van der Waals surface area contributed by atoms with Crippen molar-refractivity contribution in [3.05, 3.63) is 30.0 Å². The van der Waals surface area contributed by atoms with E-state index < -0.39 is 0 Å². The van der Waals surface area contributed by atoms with Crippen LogP contribution in [0.3, 0.4) is 0 Å². The molecule has 0 atom stereocenters. The molecule has 2 aromatic rings. The highest BCUT2D eigenvalue weighted by molar-refractivity contribution is 5.85. The van der Waals surface area contributed by atoms with Crippen LogP contribution in [-0.2, 0) is 27.3 Å². The highest BCUT2D eigenvalue weighted by Crippen LogP contribution is 2.26. The van der Waals surface area contributed by atoms with Gasteiger partial charge in [-0.05, 0) is 37.1 Å². The first kappa shape index (κ1) is 17.8. The quantitative estimate of drug-likeness (QED) is 0.753. The van der Waals surface area contributed by atoms with E-state index >= 15 is 0 Å².